The molecule has 0 saturated heterocycles. The lowest BCUT2D eigenvalue weighted by molar-refractivity contribution is 0.168. The van der Waals surface area contributed by atoms with Crippen molar-refractivity contribution in [1.82, 2.24) is 20.5 Å². The summed E-state index contributed by atoms with van der Waals surface area (Å²) in [4.78, 5) is 16.3. The summed E-state index contributed by atoms with van der Waals surface area (Å²) >= 11 is 0. The number of amides is 2. The SMILES string of the molecule is CCOc1n[nH]c2c(F)c(NC(=O)NC(COC)c3ccccc3)ncc12. The first-order valence-corrected chi connectivity index (χ1v) is 8.40. The van der Waals surface area contributed by atoms with Crippen molar-refractivity contribution in [2.24, 2.45) is 0 Å². The van der Waals surface area contributed by atoms with Gasteiger partial charge in [0.25, 0.3) is 0 Å². The maximum atomic E-state index is 14.6. The number of benzene rings is 1. The fraction of sp³-hybridized carbons (Fsp3) is 0.278. The first kappa shape index (κ1) is 18.6. The quantitative estimate of drug-likeness (QED) is 0.591. The van der Waals surface area contributed by atoms with Crippen molar-refractivity contribution < 1.29 is 18.7 Å². The van der Waals surface area contributed by atoms with Gasteiger partial charge in [-0.1, -0.05) is 30.3 Å². The second-order valence-corrected chi connectivity index (χ2v) is 5.69. The van der Waals surface area contributed by atoms with Gasteiger partial charge in [0.2, 0.25) is 5.88 Å². The van der Waals surface area contributed by atoms with Gasteiger partial charge in [0.1, 0.15) is 5.52 Å². The van der Waals surface area contributed by atoms with E-state index in [9.17, 15) is 9.18 Å². The number of nitrogens with zero attached hydrogens (tertiary/aromatic N) is 2. The molecule has 0 radical (unpaired) electrons. The molecule has 3 rings (SSSR count). The lowest BCUT2D eigenvalue weighted by Gasteiger charge is -2.18. The van der Waals surface area contributed by atoms with Crippen LogP contribution < -0.4 is 15.4 Å². The van der Waals surface area contributed by atoms with Crippen LogP contribution >= 0.6 is 0 Å². The molecule has 2 heterocycles. The van der Waals surface area contributed by atoms with E-state index in [4.69, 9.17) is 9.47 Å². The number of nitrogens with one attached hydrogen (secondary N) is 3. The molecule has 1 aromatic carbocycles. The Morgan fingerprint density at radius 2 is 2.11 bits per heavy atom. The minimum absolute atomic E-state index is 0.111. The molecule has 27 heavy (non-hydrogen) atoms. The molecule has 3 N–H and O–H groups in total. The summed E-state index contributed by atoms with van der Waals surface area (Å²) in [5.74, 6) is -0.667. The van der Waals surface area contributed by atoms with Gasteiger partial charge < -0.3 is 14.8 Å². The van der Waals surface area contributed by atoms with Crippen molar-refractivity contribution in [3.63, 3.8) is 0 Å². The van der Waals surface area contributed by atoms with Gasteiger partial charge in [0.15, 0.2) is 11.6 Å². The highest BCUT2D eigenvalue weighted by Crippen LogP contribution is 2.27. The predicted octanol–water partition coefficient (Wildman–Crippen LogP) is 3.00. The highest BCUT2D eigenvalue weighted by Gasteiger charge is 2.19. The molecular formula is C18H20FN5O3. The maximum Gasteiger partial charge on any atom is 0.321 e. The zero-order chi connectivity index (χ0) is 19.2. The molecule has 0 saturated carbocycles. The van der Waals surface area contributed by atoms with Crippen molar-refractivity contribution >= 4 is 22.8 Å². The van der Waals surface area contributed by atoms with Crippen molar-refractivity contribution in [2.75, 3.05) is 25.6 Å². The van der Waals surface area contributed by atoms with Crippen molar-refractivity contribution in [3.05, 3.63) is 47.9 Å². The molecule has 0 bridgehead atoms. The van der Waals surface area contributed by atoms with Gasteiger partial charge in [-0.25, -0.2) is 14.2 Å². The Labute approximate surface area is 155 Å². The molecule has 3 aromatic rings. The number of carbonyl (C=O) groups is 1. The number of hydrogen-bond acceptors (Lipinski definition) is 5. The van der Waals surface area contributed by atoms with E-state index < -0.39 is 11.8 Å². The number of methoxy groups -OCH3 is 1. The summed E-state index contributed by atoms with van der Waals surface area (Å²) in [6.07, 6.45) is 1.40. The summed E-state index contributed by atoms with van der Waals surface area (Å²) in [7, 11) is 1.54. The maximum absolute atomic E-state index is 14.6. The standard InChI is InChI=1S/C18H20FN5O3/c1-3-27-17-12-9-20-16(14(19)15(12)23-24-17)22-18(25)21-13(10-26-2)11-7-5-4-6-8-11/h4-9,13H,3,10H2,1-2H3,(H,23,24)(H2,20,21,22,25). The number of aromatic amines is 1. The van der Waals surface area contributed by atoms with Gasteiger partial charge in [-0.05, 0) is 12.5 Å². The lowest BCUT2D eigenvalue weighted by Crippen LogP contribution is -2.35. The molecule has 142 valence electrons. The first-order valence-electron chi connectivity index (χ1n) is 8.40. The number of H-pyrrole nitrogens is 1. The van der Waals surface area contributed by atoms with Crippen LogP contribution in [0, 0.1) is 5.82 Å². The molecule has 0 fully saturated rings. The summed E-state index contributed by atoms with van der Waals surface area (Å²) in [6.45, 7) is 2.46. The molecule has 9 heteroatoms. The Morgan fingerprint density at radius 3 is 2.81 bits per heavy atom. The monoisotopic (exact) mass is 373 g/mol. The summed E-state index contributed by atoms with van der Waals surface area (Å²) in [5.41, 5.74) is 0.980. The van der Waals surface area contributed by atoms with Crippen LogP contribution in [0.25, 0.3) is 10.9 Å². The van der Waals surface area contributed by atoms with Crippen LogP contribution in [0.5, 0.6) is 5.88 Å². The molecule has 1 atom stereocenters. The number of hydrogen-bond donors (Lipinski definition) is 3. The van der Waals surface area contributed by atoms with Gasteiger partial charge in [0, 0.05) is 13.3 Å². The number of aromatic nitrogens is 3. The smallest absolute Gasteiger partial charge is 0.321 e. The van der Waals surface area contributed by atoms with Crippen LogP contribution in [0.15, 0.2) is 36.5 Å². The lowest BCUT2D eigenvalue weighted by atomic mass is 10.1. The Hall–Kier alpha value is -3.20. The summed E-state index contributed by atoms with van der Waals surface area (Å²) in [5, 5.41) is 12.0. The van der Waals surface area contributed by atoms with Gasteiger partial charge in [-0.15, -0.1) is 5.10 Å². The fourth-order valence-corrected chi connectivity index (χ4v) is 2.63. The molecule has 0 aliphatic carbocycles. The second kappa shape index (κ2) is 8.45. The molecular weight excluding hydrogens is 353 g/mol. The predicted molar refractivity (Wildman–Crippen MR) is 98.2 cm³/mol. The van der Waals surface area contributed by atoms with Crippen LogP contribution in [-0.2, 0) is 4.74 Å². The molecule has 0 aliphatic rings. The van der Waals surface area contributed by atoms with Crippen LogP contribution in [0.1, 0.15) is 18.5 Å². The zero-order valence-electron chi connectivity index (χ0n) is 15.0. The third kappa shape index (κ3) is 4.14. The number of carbonyl (C=O) groups excluding carboxylic acids is 1. The number of anilines is 1. The third-order valence-electron chi connectivity index (χ3n) is 3.87. The topological polar surface area (TPSA) is 101 Å². The van der Waals surface area contributed by atoms with Crippen molar-refractivity contribution in [3.8, 4) is 5.88 Å². The second-order valence-electron chi connectivity index (χ2n) is 5.69. The number of rotatable bonds is 7. The number of urea groups is 1. The van der Waals surface area contributed by atoms with E-state index in [-0.39, 0.29) is 29.9 Å². The van der Waals surface area contributed by atoms with Gasteiger partial charge in [0.05, 0.1) is 24.6 Å². The van der Waals surface area contributed by atoms with E-state index in [2.05, 4.69) is 25.8 Å². The van der Waals surface area contributed by atoms with Gasteiger partial charge in [-0.2, -0.15) is 0 Å². The van der Waals surface area contributed by atoms with E-state index in [1.54, 1.807) is 14.0 Å². The van der Waals surface area contributed by atoms with Crippen LogP contribution in [-0.4, -0.2) is 41.5 Å². The largest absolute Gasteiger partial charge is 0.476 e. The summed E-state index contributed by atoms with van der Waals surface area (Å²) < 4.78 is 25.1. The van der Waals surface area contributed by atoms with E-state index >= 15 is 0 Å². The highest BCUT2D eigenvalue weighted by molar-refractivity contribution is 5.92. The van der Waals surface area contributed by atoms with Crippen LogP contribution in [0.3, 0.4) is 0 Å². The third-order valence-corrected chi connectivity index (χ3v) is 3.87. The minimum atomic E-state index is -0.718. The molecule has 2 amide bonds. The van der Waals surface area contributed by atoms with Gasteiger partial charge in [-0.3, -0.25) is 10.4 Å². The molecule has 0 spiro atoms. The van der Waals surface area contributed by atoms with E-state index in [1.165, 1.54) is 6.20 Å². The average molecular weight is 373 g/mol. The normalized spacial score (nSPS) is 12.0. The number of ether oxygens (including phenoxy) is 2. The van der Waals surface area contributed by atoms with E-state index in [0.29, 0.717) is 12.0 Å². The molecule has 0 aliphatic heterocycles. The summed E-state index contributed by atoms with van der Waals surface area (Å²) in [6, 6.07) is 8.35. The minimum Gasteiger partial charge on any atom is -0.476 e. The van der Waals surface area contributed by atoms with Crippen molar-refractivity contribution in [2.45, 2.75) is 13.0 Å². The molecule has 8 nitrogen and oxygen atoms in total. The first-order chi connectivity index (χ1) is 13.1. The van der Waals surface area contributed by atoms with Gasteiger partial charge >= 0.3 is 6.03 Å². The van der Waals surface area contributed by atoms with E-state index in [1.807, 2.05) is 30.3 Å². The number of halogens is 1. The number of pyridine rings is 1. The van der Waals surface area contributed by atoms with Crippen LogP contribution in [0.2, 0.25) is 0 Å². The Kier molecular flexibility index (Phi) is 5.82. The molecule has 2 aromatic heterocycles. The Morgan fingerprint density at radius 1 is 1.33 bits per heavy atom. The number of fused-ring (bicyclic) bond motifs is 1. The Balaban J connectivity index is 1.76. The highest BCUT2D eigenvalue weighted by atomic mass is 19.1. The fourth-order valence-electron chi connectivity index (χ4n) is 2.63. The zero-order valence-corrected chi connectivity index (χ0v) is 15.0. The average Bonchev–Trinajstić information content (AvgIpc) is 3.08. The van der Waals surface area contributed by atoms with E-state index in [0.717, 1.165) is 5.56 Å². The van der Waals surface area contributed by atoms with Crippen molar-refractivity contribution in [1.29, 1.82) is 0 Å². The Bertz CT molecular complexity index is 916. The van der Waals surface area contributed by atoms with Crippen LogP contribution in [0.4, 0.5) is 15.0 Å². The molecule has 1 unspecified atom stereocenters.